The minimum absolute atomic E-state index is 0.102. The van der Waals surface area contributed by atoms with Crippen LogP contribution in [0.2, 0.25) is 5.02 Å². The number of carbonyl (C=O) groups excluding carboxylic acids is 1. The summed E-state index contributed by atoms with van der Waals surface area (Å²) in [7, 11) is -4.51. The third-order valence-corrected chi connectivity index (χ3v) is 6.73. The molecule has 6 nitrogen and oxygen atoms in total. The van der Waals surface area contributed by atoms with Crippen molar-refractivity contribution in [3.8, 4) is 0 Å². The number of hydrogen-bond acceptors (Lipinski definition) is 5. The van der Waals surface area contributed by atoms with E-state index in [0.717, 1.165) is 17.7 Å². The van der Waals surface area contributed by atoms with Crippen molar-refractivity contribution in [1.29, 1.82) is 0 Å². The van der Waals surface area contributed by atoms with Gasteiger partial charge in [-0.2, -0.15) is 4.72 Å². The Balaban J connectivity index is 2.61. The average molecular weight is 488 g/mol. The zero-order valence-electron chi connectivity index (χ0n) is 21.8. The van der Waals surface area contributed by atoms with Crippen molar-refractivity contribution in [1.82, 2.24) is 4.72 Å². The highest BCUT2D eigenvalue weighted by Crippen LogP contribution is 2.31. The lowest BCUT2D eigenvalue weighted by atomic mass is 9.88. The summed E-state index contributed by atoms with van der Waals surface area (Å²) in [5, 5.41) is 2.25. The topological polar surface area (TPSA) is 84.5 Å². The van der Waals surface area contributed by atoms with E-state index in [-0.39, 0.29) is 16.3 Å². The van der Waals surface area contributed by atoms with Crippen molar-refractivity contribution in [3.63, 3.8) is 0 Å². The minimum atomic E-state index is -4.51. The maximum Gasteiger partial charge on any atom is 0.325 e. The van der Waals surface area contributed by atoms with Gasteiger partial charge in [-0.15, -0.1) is 0 Å². The largest absolute Gasteiger partial charge is 0.459 e. The van der Waals surface area contributed by atoms with Gasteiger partial charge in [0.15, 0.2) is 0 Å². The molecule has 1 unspecified atom stereocenters. The molecule has 0 saturated heterocycles. The van der Waals surface area contributed by atoms with Crippen LogP contribution < -0.4 is 10.0 Å². The number of sulfonamides is 1. The van der Waals surface area contributed by atoms with E-state index in [1.165, 1.54) is 19.1 Å². The third kappa shape index (κ3) is 5.99. The van der Waals surface area contributed by atoms with Crippen molar-refractivity contribution in [2.24, 2.45) is 0 Å². The van der Waals surface area contributed by atoms with Crippen LogP contribution >= 0.6 is 11.6 Å². The lowest BCUT2D eigenvalue weighted by Crippen LogP contribution is -2.47. The van der Waals surface area contributed by atoms with E-state index in [2.05, 4.69) is 10.0 Å². The summed E-state index contributed by atoms with van der Waals surface area (Å²) >= 11 is 5.95. The zero-order chi connectivity index (χ0) is 26.9. The summed E-state index contributed by atoms with van der Waals surface area (Å²) in [6, 6.07) is 4.87. The molecule has 0 radical (unpaired) electrons. The Bertz CT molecular complexity index is 1210. The lowest BCUT2D eigenvalue weighted by Gasteiger charge is -2.29. The first kappa shape index (κ1) is 21.7. The summed E-state index contributed by atoms with van der Waals surface area (Å²) in [4.78, 5) is 12.7. The molecule has 2 rings (SSSR count). The Hall–Kier alpha value is -2.16. The molecule has 0 aromatic heterocycles. The van der Waals surface area contributed by atoms with Gasteiger partial charge in [0.1, 0.15) is 22.4 Å². The molecule has 2 atom stereocenters. The van der Waals surface area contributed by atoms with Crippen LogP contribution in [0.15, 0.2) is 35.2 Å². The number of ether oxygens (including phenoxy) is 1. The molecular weight excluding hydrogens is 455 g/mol. The van der Waals surface area contributed by atoms with E-state index in [4.69, 9.17) is 20.5 Å². The molecule has 0 aliphatic heterocycles. The van der Waals surface area contributed by atoms with Gasteiger partial charge in [-0.3, -0.25) is 4.79 Å². The molecular formula is C23H30ClFN2O4S. The number of halogens is 2. The van der Waals surface area contributed by atoms with Gasteiger partial charge in [-0.1, -0.05) is 24.6 Å². The van der Waals surface area contributed by atoms with Gasteiger partial charge in [0.05, 0.1) is 5.69 Å². The Kier molecular flexibility index (Phi) is 6.62. The second kappa shape index (κ2) is 9.77. The van der Waals surface area contributed by atoms with Crippen molar-refractivity contribution in [2.45, 2.75) is 64.0 Å². The summed E-state index contributed by atoms with van der Waals surface area (Å²) < 4.78 is 71.8. The lowest BCUT2D eigenvalue weighted by molar-refractivity contribution is -0.157. The number of carbonyl (C=O) groups is 1. The van der Waals surface area contributed by atoms with E-state index in [1.54, 1.807) is 40.7 Å². The smallest absolute Gasteiger partial charge is 0.325 e. The molecule has 0 spiro atoms. The summed E-state index contributed by atoms with van der Waals surface area (Å²) in [5.41, 5.74) is 0.274. The van der Waals surface area contributed by atoms with E-state index in [9.17, 15) is 17.6 Å². The van der Waals surface area contributed by atoms with E-state index in [0.29, 0.717) is 5.56 Å². The fourth-order valence-corrected chi connectivity index (χ4v) is 4.89. The van der Waals surface area contributed by atoms with Crippen molar-refractivity contribution in [2.75, 3.05) is 12.3 Å². The molecule has 0 fully saturated rings. The van der Waals surface area contributed by atoms with Crippen molar-refractivity contribution in [3.05, 3.63) is 57.9 Å². The Labute approximate surface area is 198 Å². The molecule has 0 bridgehead atoms. The highest BCUT2D eigenvalue weighted by molar-refractivity contribution is 7.89. The van der Waals surface area contributed by atoms with E-state index >= 15 is 0 Å². The molecule has 0 heterocycles. The Morgan fingerprint density at radius 1 is 1.22 bits per heavy atom. The summed E-state index contributed by atoms with van der Waals surface area (Å²) in [6.07, 6.45) is 0. The monoisotopic (exact) mass is 487 g/mol. The number of anilines is 1. The van der Waals surface area contributed by atoms with Crippen molar-refractivity contribution >= 4 is 33.3 Å². The van der Waals surface area contributed by atoms with E-state index in [1.807, 2.05) is 0 Å². The fraction of sp³-hybridized carbons (Fsp3) is 0.435. The SMILES string of the molecule is [2H]C([2H])([2H])Nc1cc(Cl)ccc1S(=O)(=O)N[C@H](C(=O)OC(C)(C)C)C(C)c1c(F)ccc(C)c1C. The van der Waals surface area contributed by atoms with E-state index < -0.39 is 51.2 Å². The van der Waals surface area contributed by atoms with Crippen LogP contribution in [0, 0.1) is 19.7 Å². The van der Waals surface area contributed by atoms with Crippen LogP contribution in [-0.2, 0) is 19.6 Å². The van der Waals surface area contributed by atoms with Gasteiger partial charge in [0.2, 0.25) is 10.0 Å². The third-order valence-electron chi connectivity index (χ3n) is 5.00. The number of hydrogen-bond donors (Lipinski definition) is 2. The number of benzene rings is 2. The van der Waals surface area contributed by atoms with Gasteiger partial charge >= 0.3 is 5.97 Å². The molecule has 2 N–H and O–H groups in total. The second-order valence-corrected chi connectivity index (χ2v) is 10.7. The second-order valence-electron chi connectivity index (χ2n) is 8.59. The molecule has 32 heavy (non-hydrogen) atoms. The summed E-state index contributed by atoms with van der Waals surface area (Å²) in [5.74, 6) is -2.47. The molecule has 0 aliphatic rings. The predicted octanol–water partition coefficient (Wildman–Crippen LogP) is 4.93. The van der Waals surface area contributed by atoms with Gasteiger partial charge in [0.25, 0.3) is 0 Å². The van der Waals surface area contributed by atoms with Crippen LogP contribution in [0.1, 0.15) is 54.4 Å². The summed E-state index contributed by atoms with van der Waals surface area (Å²) in [6.45, 7) is 7.13. The molecule has 0 amide bonds. The Morgan fingerprint density at radius 3 is 2.47 bits per heavy atom. The molecule has 176 valence electrons. The molecule has 9 heteroatoms. The quantitative estimate of drug-likeness (QED) is 0.541. The number of aryl methyl sites for hydroxylation is 1. The maximum absolute atomic E-state index is 14.9. The number of nitrogens with one attached hydrogen (secondary N) is 2. The predicted molar refractivity (Wildman–Crippen MR) is 125 cm³/mol. The first-order chi connectivity index (χ1) is 15.8. The normalized spacial score (nSPS) is 15.8. The van der Waals surface area contributed by atoms with Crippen molar-refractivity contribution < 1.29 is 26.5 Å². The first-order valence-corrected chi connectivity index (χ1v) is 11.8. The maximum atomic E-state index is 14.9. The molecule has 2 aromatic rings. The molecule has 0 aliphatic carbocycles. The van der Waals surface area contributed by atoms with Gasteiger partial charge < -0.3 is 10.1 Å². The van der Waals surface area contributed by atoms with Gasteiger partial charge in [-0.05, 0) is 75.6 Å². The highest BCUT2D eigenvalue weighted by Gasteiger charge is 2.37. The molecule has 0 saturated carbocycles. The van der Waals surface area contributed by atoms with Crippen LogP contribution in [0.3, 0.4) is 0 Å². The van der Waals surface area contributed by atoms with Gasteiger partial charge in [-0.25, -0.2) is 12.8 Å². The average Bonchev–Trinajstić information content (AvgIpc) is 2.66. The molecule has 2 aromatic carbocycles. The zero-order valence-corrected chi connectivity index (χ0v) is 20.4. The van der Waals surface area contributed by atoms with Crippen LogP contribution in [-0.4, -0.2) is 33.0 Å². The van der Waals surface area contributed by atoms with Crippen LogP contribution in [0.25, 0.3) is 0 Å². The number of rotatable bonds is 7. The fourth-order valence-electron chi connectivity index (χ4n) is 3.31. The first-order valence-electron chi connectivity index (χ1n) is 11.4. The number of esters is 1. The highest BCUT2D eigenvalue weighted by atomic mass is 35.5. The van der Waals surface area contributed by atoms with Gasteiger partial charge in [0, 0.05) is 22.0 Å². The Morgan fingerprint density at radius 2 is 1.88 bits per heavy atom. The van der Waals surface area contributed by atoms with Crippen LogP contribution in [0.4, 0.5) is 10.1 Å². The standard InChI is InChI=1S/C23H30ClFN2O4S/c1-13-8-10-17(25)20(14(13)2)15(3)21(22(28)31-23(4,5)6)27-32(29,30)19-11-9-16(24)12-18(19)26-7/h8-12,15,21,26-27H,1-7H3/t15?,21-/m0/s1/i7D3. The van der Waals surface area contributed by atoms with Crippen LogP contribution in [0.5, 0.6) is 0 Å². The minimum Gasteiger partial charge on any atom is -0.459 e.